The fourth-order valence-electron chi connectivity index (χ4n) is 0.352. The molecule has 1 amide bonds. The number of carbonyl (C=O) groups is 1. The van der Waals surface area contributed by atoms with Gasteiger partial charge < -0.3 is 10.6 Å². The molecule has 0 aromatic heterocycles. The Hall–Kier alpha value is -1.72. The number of amides is 1. The lowest BCUT2D eigenvalue weighted by Gasteiger charge is -1.98. The van der Waals surface area contributed by atoms with Crippen molar-refractivity contribution in [2.45, 2.75) is 0 Å². The molecule has 0 saturated carbocycles. The van der Waals surface area contributed by atoms with E-state index in [1.165, 1.54) is 6.20 Å². The average Bonchev–Trinajstić information content (AvgIpc) is 1.87. The summed E-state index contributed by atoms with van der Waals surface area (Å²) in [6.07, 6.45) is 1.46. The van der Waals surface area contributed by atoms with E-state index in [1.54, 1.807) is 25.1 Å². The molecule has 0 unspecified atom stereocenters. The highest BCUT2D eigenvalue weighted by Gasteiger charge is 1.99. The van der Waals surface area contributed by atoms with E-state index < -0.39 is 5.91 Å². The predicted octanol–water partition coefficient (Wildman–Crippen LogP) is -0.404. The second kappa shape index (κ2) is 4.15. The van der Waals surface area contributed by atoms with Gasteiger partial charge in [0.25, 0.3) is 5.91 Å². The Morgan fingerprint density at radius 1 is 1.64 bits per heavy atom. The average molecular weight is 151 g/mol. The van der Waals surface area contributed by atoms with Crippen molar-refractivity contribution in [3.63, 3.8) is 0 Å². The van der Waals surface area contributed by atoms with E-state index in [4.69, 9.17) is 11.0 Å². The van der Waals surface area contributed by atoms with Gasteiger partial charge in [-0.25, -0.2) is 0 Å². The lowest BCUT2D eigenvalue weighted by Crippen LogP contribution is -2.12. The van der Waals surface area contributed by atoms with Crippen LogP contribution in [0.3, 0.4) is 0 Å². The Balaban J connectivity index is 4.65. The van der Waals surface area contributed by atoms with E-state index in [-0.39, 0.29) is 5.57 Å². The van der Waals surface area contributed by atoms with Crippen molar-refractivity contribution in [3.05, 3.63) is 17.5 Å². The van der Waals surface area contributed by atoms with Crippen molar-refractivity contribution in [2.75, 3.05) is 14.1 Å². The van der Waals surface area contributed by atoms with Gasteiger partial charge in [-0.2, -0.15) is 5.26 Å². The van der Waals surface area contributed by atoms with E-state index in [0.29, 0.717) is 0 Å². The number of nitrogens with zero attached hydrogens (tertiary/aromatic N) is 2. The first-order valence-electron chi connectivity index (χ1n) is 2.91. The van der Waals surface area contributed by atoms with Crippen LogP contribution in [-0.2, 0) is 4.79 Å². The maximum atomic E-state index is 10.4. The molecule has 0 fully saturated rings. The van der Waals surface area contributed by atoms with Crippen LogP contribution in [0.25, 0.3) is 0 Å². The second-order valence-corrected chi connectivity index (χ2v) is 2.09. The van der Waals surface area contributed by atoms with Gasteiger partial charge in [-0.3, -0.25) is 4.79 Å². The fourth-order valence-corrected chi connectivity index (χ4v) is 0.352. The number of hydrogen-bond donors (Lipinski definition) is 1. The molecule has 0 aliphatic heterocycles. The number of nitriles is 1. The van der Waals surface area contributed by atoms with Gasteiger partial charge in [-0.1, -0.05) is 5.73 Å². The number of primary amides is 1. The van der Waals surface area contributed by atoms with E-state index >= 15 is 0 Å². The van der Waals surface area contributed by atoms with Gasteiger partial charge in [0.05, 0.1) is 0 Å². The maximum absolute atomic E-state index is 10.4. The molecular weight excluding hydrogens is 142 g/mol. The molecule has 4 heteroatoms. The van der Waals surface area contributed by atoms with E-state index in [9.17, 15) is 4.79 Å². The Labute approximate surface area is 65.2 Å². The highest BCUT2D eigenvalue weighted by atomic mass is 16.1. The molecule has 2 N–H and O–H groups in total. The molecule has 58 valence electrons. The van der Waals surface area contributed by atoms with Gasteiger partial charge in [-0.05, 0) is 0 Å². The summed E-state index contributed by atoms with van der Waals surface area (Å²) in [6, 6.07) is 1.63. The zero-order valence-corrected chi connectivity index (χ0v) is 6.46. The molecule has 0 saturated heterocycles. The summed E-state index contributed by atoms with van der Waals surface area (Å²) in [5, 5.41) is 8.32. The molecule has 0 spiro atoms. The lowest BCUT2D eigenvalue weighted by molar-refractivity contribution is -0.114. The van der Waals surface area contributed by atoms with E-state index in [0.717, 1.165) is 0 Å². The molecule has 0 aromatic rings. The van der Waals surface area contributed by atoms with Crippen LogP contribution in [0.1, 0.15) is 0 Å². The number of rotatable bonds is 2. The second-order valence-electron chi connectivity index (χ2n) is 2.09. The Kier molecular flexibility index (Phi) is 3.50. The topological polar surface area (TPSA) is 70.1 Å². The molecule has 0 radical (unpaired) electrons. The minimum atomic E-state index is -0.759. The third kappa shape index (κ3) is 3.79. The zero-order valence-electron chi connectivity index (χ0n) is 6.46. The van der Waals surface area contributed by atoms with Gasteiger partial charge in [0.15, 0.2) is 5.57 Å². The summed E-state index contributed by atoms with van der Waals surface area (Å²) in [5.74, 6) is -0.759. The summed E-state index contributed by atoms with van der Waals surface area (Å²) < 4.78 is 0. The fraction of sp³-hybridized carbons (Fsp3) is 0.286. The summed E-state index contributed by atoms with van der Waals surface area (Å²) in [4.78, 5) is 12.1. The number of carbonyl (C=O) groups excluding carboxylic acids is 1. The van der Waals surface area contributed by atoms with Crippen LogP contribution in [0.2, 0.25) is 0 Å². The van der Waals surface area contributed by atoms with Crippen LogP contribution in [0.5, 0.6) is 0 Å². The van der Waals surface area contributed by atoms with Crippen LogP contribution in [0, 0.1) is 11.3 Å². The summed E-state index contributed by atoms with van der Waals surface area (Å²) >= 11 is 0. The number of hydrogen-bond acceptors (Lipinski definition) is 3. The van der Waals surface area contributed by atoms with Crippen molar-refractivity contribution in [3.8, 4) is 6.07 Å². The highest BCUT2D eigenvalue weighted by Crippen LogP contribution is 1.86. The zero-order chi connectivity index (χ0) is 8.85. The number of nitrogens with two attached hydrogens (primary N) is 1. The van der Waals surface area contributed by atoms with Gasteiger partial charge in [-0.15, -0.1) is 0 Å². The molecule has 0 aliphatic rings. The first-order chi connectivity index (χ1) is 5.07. The van der Waals surface area contributed by atoms with Crippen molar-refractivity contribution in [2.24, 2.45) is 5.73 Å². The largest absolute Gasteiger partial charge is 0.377 e. The Bertz CT molecular complexity index is 253. The SMILES string of the molecule is CN(C)C=C=C(C#N)C(N)=O. The molecule has 0 heterocycles. The minimum absolute atomic E-state index is 0.168. The first-order valence-corrected chi connectivity index (χ1v) is 2.91. The van der Waals surface area contributed by atoms with Crippen LogP contribution in [0.15, 0.2) is 17.5 Å². The Morgan fingerprint density at radius 2 is 2.18 bits per heavy atom. The Morgan fingerprint density at radius 3 is 2.45 bits per heavy atom. The van der Waals surface area contributed by atoms with E-state index in [2.05, 4.69) is 5.73 Å². The lowest BCUT2D eigenvalue weighted by atomic mass is 10.3. The smallest absolute Gasteiger partial charge is 0.267 e. The van der Waals surface area contributed by atoms with Crippen LogP contribution < -0.4 is 5.73 Å². The van der Waals surface area contributed by atoms with Crippen LogP contribution in [-0.4, -0.2) is 24.9 Å². The minimum Gasteiger partial charge on any atom is -0.377 e. The first kappa shape index (κ1) is 9.28. The van der Waals surface area contributed by atoms with Crippen LogP contribution in [0.4, 0.5) is 0 Å². The molecule has 0 bridgehead atoms. The molecule has 11 heavy (non-hydrogen) atoms. The van der Waals surface area contributed by atoms with E-state index in [1.807, 2.05) is 0 Å². The van der Waals surface area contributed by atoms with Crippen LogP contribution >= 0.6 is 0 Å². The summed E-state index contributed by atoms with van der Waals surface area (Å²) in [7, 11) is 3.51. The third-order valence-electron chi connectivity index (χ3n) is 0.825. The van der Waals surface area contributed by atoms with Crippen molar-refractivity contribution >= 4 is 5.91 Å². The summed E-state index contributed by atoms with van der Waals surface area (Å²) in [5.41, 5.74) is 7.12. The monoisotopic (exact) mass is 151 g/mol. The quantitative estimate of drug-likeness (QED) is 0.331. The summed E-state index contributed by atoms with van der Waals surface area (Å²) in [6.45, 7) is 0. The molecule has 0 rings (SSSR count). The van der Waals surface area contributed by atoms with Gasteiger partial charge >= 0.3 is 0 Å². The molecule has 0 aromatic carbocycles. The van der Waals surface area contributed by atoms with Gasteiger partial charge in [0, 0.05) is 20.3 Å². The highest BCUT2D eigenvalue weighted by molar-refractivity contribution is 5.95. The molecule has 0 atom stereocenters. The predicted molar refractivity (Wildman–Crippen MR) is 40.1 cm³/mol. The standard InChI is InChI=1S/C7H9N3O/c1-10(2)4-3-6(5-8)7(9)11/h4H,1-2H3,(H2,9,11). The third-order valence-corrected chi connectivity index (χ3v) is 0.825. The molecule has 4 nitrogen and oxygen atoms in total. The van der Waals surface area contributed by atoms with Crippen molar-refractivity contribution < 1.29 is 4.79 Å². The maximum Gasteiger partial charge on any atom is 0.267 e. The normalized spacial score (nSPS) is 7.36. The molecule has 0 aliphatic carbocycles. The molecular formula is C7H9N3O. The van der Waals surface area contributed by atoms with Gasteiger partial charge in [0.2, 0.25) is 0 Å². The van der Waals surface area contributed by atoms with Crippen molar-refractivity contribution in [1.29, 1.82) is 5.26 Å². The van der Waals surface area contributed by atoms with Gasteiger partial charge in [0.1, 0.15) is 6.07 Å². The van der Waals surface area contributed by atoms with Crippen molar-refractivity contribution in [1.82, 2.24) is 4.90 Å².